The van der Waals surface area contributed by atoms with E-state index < -0.39 is 0 Å². The first kappa shape index (κ1) is 25.9. The highest BCUT2D eigenvalue weighted by Gasteiger charge is 2.37. The van der Waals surface area contributed by atoms with Gasteiger partial charge in [-0.1, -0.05) is 51.4 Å². The van der Waals surface area contributed by atoms with Crippen molar-refractivity contribution in [2.75, 3.05) is 24.5 Å². The summed E-state index contributed by atoms with van der Waals surface area (Å²) in [6.07, 6.45) is 3.10. The third-order valence-corrected chi connectivity index (χ3v) is 8.87. The van der Waals surface area contributed by atoms with E-state index in [0.717, 1.165) is 23.0 Å². The summed E-state index contributed by atoms with van der Waals surface area (Å²) in [4.78, 5) is 17.6. The number of aryl methyl sites for hydroxylation is 1. The Hall–Kier alpha value is -2.72. The van der Waals surface area contributed by atoms with Gasteiger partial charge in [0.2, 0.25) is 0 Å². The zero-order valence-electron chi connectivity index (χ0n) is 23.0. The van der Waals surface area contributed by atoms with Crippen LogP contribution in [-0.4, -0.2) is 36.5 Å². The third-order valence-electron chi connectivity index (χ3n) is 8.62. The number of carbonyl (C=O) groups excluding carboxylic acids is 1. The number of benzene rings is 2. The SMILES string of the molecule is Cc1cc2c(cc1Cc1ccc(C(=O)N3CCN(c4ccc(Cl)cc4)C(C)C3)o1)C(C)(C)CCC2(C)C. The molecule has 1 aromatic heterocycles. The van der Waals surface area contributed by atoms with E-state index in [1.54, 1.807) is 0 Å². The molecule has 1 saturated heterocycles. The lowest BCUT2D eigenvalue weighted by Gasteiger charge is -2.42. The molecule has 1 fully saturated rings. The summed E-state index contributed by atoms with van der Waals surface area (Å²) >= 11 is 6.05. The second-order valence-electron chi connectivity index (χ2n) is 12.3. The number of piperazine rings is 1. The summed E-state index contributed by atoms with van der Waals surface area (Å²) in [7, 11) is 0. The summed E-state index contributed by atoms with van der Waals surface area (Å²) in [6, 6.07) is 16.7. The molecular formula is C32H39ClN2O2. The van der Waals surface area contributed by atoms with Crippen LogP contribution < -0.4 is 4.90 Å². The Morgan fingerprint density at radius 3 is 2.27 bits per heavy atom. The van der Waals surface area contributed by atoms with Gasteiger partial charge in [0, 0.05) is 42.8 Å². The minimum atomic E-state index is -0.0288. The van der Waals surface area contributed by atoms with Crippen LogP contribution in [0.1, 0.15) is 86.0 Å². The highest BCUT2D eigenvalue weighted by Crippen LogP contribution is 2.46. The predicted octanol–water partition coefficient (Wildman–Crippen LogP) is 7.53. The standard InChI is InChI=1S/C32H39ClN2O2/c1-21-17-27-28(32(5,6)14-13-31(27,3)4)19-23(21)18-26-11-12-29(37-26)30(36)34-15-16-35(22(2)20-34)25-9-7-24(33)8-10-25/h7-12,17,19,22H,13-16,18,20H2,1-6H3. The summed E-state index contributed by atoms with van der Waals surface area (Å²) in [5.74, 6) is 1.24. The molecule has 1 aliphatic carbocycles. The van der Waals surface area contributed by atoms with Gasteiger partial charge < -0.3 is 14.2 Å². The van der Waals surface area contributed by atoms with Crippen LogP contribution in [0, 0.1) is 6.92 Å². The largest absolute Gasteiger partial charge is 0.456 e. The fraction of sp³-hybridized carbons (Fsp3) is 0.469. The second-order valence-corrected chi connectivity index (χ2v) is 12.7. The van der Waals surface area contributed by atoms with Crippen LogP contribution in [-0.2, 0) is 17.3 Å². The molecular weight excluding hydrogens is 480 g/mol. The van der Waals surface area contributed by atoms with Crippen LogP contribution in [0.5, 0.6) is 0 Å². The molecule has 1 unspecified atom stereocenters. The first-order valence-electron chi connectivity index (χ1n) is 13.5. The van der Waals surface area contributed by atoms with Gasteiger partial charge in [0.15, 0.2) is 5.76 Å². The molecule has 0 N–H and O–H groups in total. The molecule has 0 bridgehead atoms. The Bertz CT molecular complexity index is 1300. The third kappa shape index (κ3) is 5.05. The van der Waals surface area contributed by atoms with Gasteiger partial charge in [-0.05, 0) is 96.2 Å². The van der Waals surface area contributed by atoms with Crippen molar-refractivity contribution in [3.8, 4) is 0 Å². The monoisotopic (exact) mass is 518 g/mol. The molecule has 1 amide bonds. The van der Waals surface area contributed by atoms with Crippen molar-refractivity contribution in [1.29, 1.82) is 0 Å². The predicted molar refractivity (Wildman–Crippen MR) is 152 cm³/mol. The van der Waals surface area contributed by atoms with Gasteiger partial charge in [0.05, 0.1) is 0 Å². The van der Waals surface area contributed by atoms with Crippen LogP contribution in [0.4, 0.5) is 5.69 Å². The number of rotatable bonds is 4. The summed E-state index contributed by atoms with van der Waals surface area (Å²) < 4.78 is 6.14. The maximum atomic E-state index is 13.3. The minimum absolute atomic E-state index is 0.0288. The molecule has 1 aliphatic heterocycles. The molecule has 5 rings (SSSR count). The molecule has 2 aromatic carbocycles. The number of anilines is 1. The maximum absolute atomic E-state index is 13.3. The molecule has 0 saturated carbocycles. The number of fused-ring (bicyclic) bond motifs is 1. The lowest BCUT2D eigenvalue weighted by Crippen LogP contribution is -2.53. The van der Waals surface area contributed by atoms with Crippen LogP contribution >= 0.6 is 11.6 Å². The van der Waals surface area contributed by atoms with Gasteiger partial charge in [-0.25, -0.2) is 0 Å². The number of nitrogens with zero attached hydrogens (tertiary/aromatic N) is 2. The van der Waals surface area contributed by atoms with Gasteiger partial charge >= 0.3 is 0 Å². The molecule has 37 heavy (non-hydrogen) atoms. The molecule has 2 heterocycles. The van der Waals surface area contributed by atoms with Crippen molar-refractivity contribution in [3.63, 3.8) is 0 Å². The van der Waals surface area contributed by atoms with E-state index in [1.807, 2.05) is 41.3 Å². The van der Waals surface area contributed by atoms with E-state index in [1.165, 1.54) is 35.1 Å². The van der Waals surface area contributed by atoms with E-state index in [9.17, 15) is 4.79 Å². The van der Waals surface area contributed by atoms with E-state index in [-0.39, 0.29) is 22.8 Å². The zero-order chi connectivity index (χ0) is 26.5. The highest BCUT2D eigenvalue weighted by molar-refractivity contribution is 6.30. The van der Waals surface area contributed by atoms with Gasteiger partial charge in [-0.2, -0.15) is 0 Å². The van der Waals surface area contributed by atoms with E-state index >= 15 is 0 Å². The normalized spacial score (nSPS) is 20.6. The lowest BCUT2D eigenvalue weighted by molar-refractivity contribution is 0.0692. The van der Waals surface area contributed by atoms with Gasteiger partial charge in [-0.3, -0.25) is 4.79 Å². The highest BCUT2D eigenvalue weighted by atomic mass is 35.5. The molecule has 5 heteroatoms. The first-order chi connectivity index (χ1) is 17.4. The summed E-state index contributed by atoms with van der Waals surface area (Å²) in [5.41, 5.74) is 7.02. The fourth-order valence-electron chi connectivity index (χ4n) is 6.05. The van der Waals surface area contributed by atoms with Crippen molar-refractivity contribution < 1.29 is 9.21 Å². The van der Waals surface area contributed by atoms with E-state index in [0.29, 0.717) is 25.3 Å². The number of halogens is 1. The van der Waals surface area contributed by atoms with Crippen molar-refractivity contribution in [2.24, 2.45) is 0 Å². The van der Waals surface area contributed by atoms with Crippen LogP contribution in [0.2, 0.25) is 5.02 Å². The quantitative estimate of drug-likeness (QED) is 0.358. The fourth-order valence-corrected chi connectivity index (χ4v) is 6.17. The smallest absolute Gasteiger partial charge is 0.289 e. The van der Waals surface area contributed by atoms with Crippen molar-refractivity contribution in [1.82, 2.24) is 4.90 Å². The average Bonchev–Trinajstić information content (AvgIpc) is 3.32. The Labute approximate surface area is 226 Å². The average molecular weight is 519 g/mol. The maximum Gasteiger partial charge on any atom is 0.289 e. The molecule has 0 spiro atoms. The molecule has 2 aliphatic rings. The topological polar surface area (TPSA) is 36.7 Å². The molecule has 0 radical (unpaired) electrons. The van der Waals surface area contributed by atoms with E-state index in [2.05, 4.69) is 58.6 Å². The Kier molecular flexibility index (Phi) is 6.68. The van der Waals surface area contributed by atoms with Crippen LogP contribution in [0.15, 0.2) is 52.9 Å². The molecule has 1 atom stereocenters. The summed E-state index contributed by atoms with van der Waals surface area (Å²) in [6.45, 7) is 15.9. The minimum Gasteiger partial charge on any atom is -0.456 e. The number of amides is 1. The van der Waals surface area contributed by atoms with Gasteiger partial charge in [0.25, 0.3) is 5.91 Å². The molecule has 3 aromatic rings. The van der Waals surface area contributed by atoms with Crippen molar-refractivity contribution >= 4 is 23.2 Å². The number of hydrogen-bond donors (Lipinski definition) is 0. The lowest BCUT2D eigenvalue weighted by atomic mass is 9.62. The zero-order valence-corrected chi connectivity index (χ0v) is 23.8. The summed E-state index contributed by atoms with van der Waals surface area (Å²) in [5, 5.41) is 0.733. The number of carbonyl (C=O) groups is 1. The van der Waals surface area contributed by atoms with Crippen LogP contribution in [0.25, 0.3) is 0 Å². The van der Waals surface area contributed by atoms with Crippen molar-refractivity contribution in [2.45, 2.75) is 77.7 Å². The Balaban J connectivity index is 1.30. The van der Waals surface area contributed by atoms with E-state index in [4.69, 9.17) is 16.0 Å². The Morgan fingerprint density at radius 1 is 0.973 bits per heavy atom. The van der Waals surface area contributed by atoms with Gasteiger partial charge in [-0.15, -0.1) is 0 Å². The number of hydrogen-bond acceptors (Lipinski definition) is 3. The number of furan rings is 1. The van der Waals surface area contributed by atoms with Crippen molar-refractivity contribution in [3.05, 3.63) is 87.3 Å². The second kappa shape index (κ2) is 9.54. The van der Waals surface area contributed by atoms with Gasteiger partial charge in [0.1, 0.15) is 5.76 Å². The Morgan fingerprint density at radius 2 is 1.62 bits per heavy atom. The molecule has 4 nitrogen and oxygen atoms in total. The van der Waals surface area contributed by atoms with Crippen LogP contribution in [0.3, 0.4) is 0 Å². The first-order valence-corrected chi connectivity index (χ1v) is 13.9. The molecule has 196 valence electrons.